The number of hydrogen-bond donors (Lipinski definition) is 1. The number of carboxylic acids is 1. The molecule has 0 atom stereocenters. The van der Waals surface area contributed by atoms with Crippen molar-refractivity contribution in [1.29, 1.82) is 0 Å². The molecule has 2 rings (SSSR count). The van der Waals surface area contributed by atoms with Crippen molar-refractivity contribution in [2.24, 2.45) is 5.92 Å². The smallest absolute Gasteiger partial charge is 0.306 e. The van der Waals surface area contributed by atoms with Crippen molar-refractivity contribution in [3.8, 4) is 5.75 Å². The highest BCUT2D eigenvalue weighted by Crippen LogP contribution is 2.17. The number of hydrogen-bond acceptors (Lipinski definition) is 3. The van der Waals surface area contributed by atoms with Crippen LogP contribution in [0.1, 0.15) is 18.4 Å². The largest absolute Gasteiger partial charge is 0.492 e. The van der Waals surface area contributed by atoms with E-state index in [1.807, 2.05) is 31.2 Å². The topological polar surface area (TPSA) is 49.8 Å². The molecule has 0 aromatic heterocycles. The van der Waals surface area contributed by atoms with Gasteiger partial charge in [0.1, 0.15) is 12.4 Å². The summed E-state index contributed by atoms with van der Waals surface area (Å²) in [6, 6.07) is 8.02. The average Bonchev–Trinajstić information content (AvgIpc) is 2.39. The minimum atomic E-state index is -0.657. The molecular weight excluding hydrogens is 242 g/mol. The molecule has 0 bridgehead atoms. The van der Waals surface area contributed by atoms with Gasteiger partial charge in [-0.05, 0) is 50.6 Å². The number of carboxylic acid groups (broad SMARTS) is 1. The molecule has 1 fully saturated rings. The Labute approximate surface area is 114 Å². The number of likely N-dealkylation sites (tertiary alicyclic amines) is 1. The molecule has 1 aliphatic heterocycles. The zero-order valence-electron chi connectivity index (χ0n) is 11.3. The molecular formula is C15H21NO3. The fourth-order valence-corrected chi connectivity index (χ4v) is 2.40. The van der Waals surface area contributed by atoms with Gasteiger partial charge in [0, 0.05) is 6.54 Å². The van der Waals surface area contributed by atoms with E-state index in [1.165, 1.54) is 5.56 Å². The van der Waals surface area contributed by atoms with Gasteiger partial charge in [0.25, 0.3) is 0 Å². The van der Waals surface area contributed by atoms with Gasteiger partial charge in [0.15, 0.2) is 0 Å². The van der Waals surface area contributed by atoms with Crippen LogP contribution >= 0.6 is 0 Å². The molecule has 1 saturated heterocycles. The fraction of sp³-hybridized carbons (Fsp3) is 0.533. The number of nitrogens with zero attached hydrogens (tertiary/aromatic N) is 1. The fourth-order valence-electron chi connectivity index (χ4n) is 2.40. The van der Waals surface area contributed by atoms with Gasteiger partial charge in [-0.1, -0.05) is 12.1 Å². The Balaban J connectivity index is 1.68. The van der Waals surface area contributed by atoms with Crippen molar-refractivity contribution in [3.63, 3.8) is 0 Å². The van der Waals surface area contributed by atoms with Crippen LogP contribution in [-0.2, 0) is 4.79 Å². The summed E-state index contributed by atoms with van der Waals surface area (Å²) in [5.41, 5.74) is 1.19. The summed E-state index contributed by atoms with van der Waals surface area (Å²) in [5.74, 6) is 0.0880. The van der Waals surface area contributed by atoms with Crippen LogP contribution in [0.3, 0.4) is 0 Å². The predicted molar refractivity (Wildman–Crippen MR) is 73.5 cm³/mol. The number of aliphatic carboxylic acids is 1. The highest BCUT2D eigenvalue weighted by Gasteiger charge is 2.23. The van der Waals surface area contributed by atoms with E-state index in [0.29, 0.717) is 6.61 Å². The van der Waals surface area contributed by atoms with E-state index >= 15 is 0 Å². The number of rotatable bonds is 5. The Morgan fingerprint density at radius 2 is 2.16 bits per heavy atom. The highest BCUT2D eigenvalue weighted by atomic mass is 16.5. The summed E-state index contributed by atoms with van der Waals surface area (Å²) >= 11 is 0. The Morgan fingerprint density at radius 1 is 1.42 bits per heavy atom. The summed E-state index contributed by atoms with van der Waals surface area (Å²) < 4.78 is 5.71. The summed E-state index contributed by atoms with van der Waals surface area (Å²) in [6.07, 6.45) is 1.50. The minimum absolute atomic E-state index is 0.158. The second-order valence-electron chi connectivity index (χ2n) is 5.12. The summed E-state index contributed by atoms with van der Waals surface area (Å²) in [7, 11) is 0. The monoisotopic (exact) mass is 263 g/mol. The van der Waals surface area contributed by atoms with Gasteiger partial charge < -0.3 is 9.84 Å². The molecule has 0 amide bonds. The molecule has 1 N–H and O–H groups in total. The third kappa shape index (κ3) is 4.24. The normalized spacial score (nSPS) is 17.3. The zero-order chi connectivity index (χ0) is 13.7. The van der Waals surface area contributed by atoms with Gasteiger partial charge in [-0.3, -0.25) is 9.69 Å². The van der Waals surface area contributed by atoms with E-state index in [9.17, 15) is 4.79 Å². The maximum absolute atomic E-state index is 10.8. The Hall–Kier alpha value is -1.55. The molecule has 0 spiro atoms. The van der Waals surface area contributed by atoms with Gasteiger partial charge in [-0.15, -0.1) is 0 Å². The first-order valence-electron chi connectivity index (χ1n) is 6.80. The summed E-state index contributed by atoms with van der Waals surface area (Å²) in [6.45, 7) is 5.27. The van der Waals surface area contributed by atoms with E-state index < -0.39 is 5.97 Å². The van der Waals surface area contributed by atoms with Crippen LogP contribution in [0.4, 0.5) is 0 Å². The van der Waals surface area contributed by atoms with Crippen LogP contribution in [0.2, 0.25) is 0 Å². The maximum Gasteiger partial charge on any atom is 0.306 e. The number of benzene rings is 1. The van der Waals surface area contributed by atoms with Gasteiger partial charge >= 0.3 is 5.97 Å². The first-order valence-corrected chi connectivity index (χ1v) is 6.80. The molecule has 104 valence electrons. The summed E-state index contributed by atoms with van der Waals surface area (Å²) in [4.78, 5) is 13.1. The lowest BCUT2D eigenvalue weighted by Crippen LogP contribution is -2.38. The second kappa shape index (κ2) is 6.57. The lowest BCUT2D eigenvalue weighted by Gasteiger charge is -2.29. The van der Waals surface area contributed by atoms with Crippen molar-refractivity contribution in [3.05, 3.63) is 29.8 Å². The van der Waals surface area contributed by atoms with Gasteiger partial charge in [0.05, 0.1) is 5.92 Å². The van der Waals surface area contributed by atoms with Crippen LogP contribution in [-0.4, -0.2) is 42.2 Å². The Kier molecular flexibility index (Phi) is 4.80. The first-order chi connectivity index (χ1) is 9.15. The number of ether oxygens (including phenoxy) is 1. The van der Waals surface area contributed by atoms with Crippen molar-refractivity contribution >= 4 is 5.97 Å². The van der Waals surface area contributed by atoms with Gasteiger partial charge in [0.2, 0.25) is 0 Å². The molecule has 0 unspecified atom stereocenters. The molecule has 0 aliphatic carbocycles. The molecule has 19 heavy (non-hydrogen) atoms. The van der Waals surface area contributed by atoms with Gasteiger partial charge in [-0.2, -0.15) is 0 Å². The molecule has 4 nitrogen and oxygen atoms in total. The number of carbonyl (C=O) groups is 1. The van der Waals surface area contributed by atoms with Crippen LogP contribution in [0.5, 0.6) is 5.75 Å². The predicted octanol–water partition coefficient (Wildman–Crippen LogP) is 2.17. The molecule has 0 saturated carbocycles. The summed E-state index contributed by atoms with van der Waals surface area (Å²) in [5, 5.41) is 8.93. The molecule has 1 heterocycles. The van der Waals surface area contributed by atoms with Crippen LogP contribution in [0.25, 0.3) is 0 Å². The maximum atomic E-state index is 10.8. The Bertz CT molecular complexity index is 425. The van der Waals surface area contributed by atoms with Crippen LogP contribution in [0.15, 0.2) is 24.3 Å². The minimum Gasteiger partial charge on any atom is -0.492 e. The van der Waals surface area contributed by atoms with Gasteiger partial charge in [-0.25, -0.2) is 0 Å². The van der Waals surface area contributed by atoms with E-state index in [4.69, 9.17) is 9.84 Å². The second-order valence-corrected chi connectivity index (χ2v) is 5.12. The lowest BCUT2D eigenvalue weighted by atomic mass is 9.97. The third-order valence-corrected chi connectivity index (χ3v) is 3.60. The third-order valence-electron chi connectivity index (χ3n) is 3.60. The van der Waals surface area contributed by atoms with E-state index in [2.05, 4.69) is 4.90 Å². The molecule has 4 heteroatoms. The highest BCUT2D eigenvalue weighted by molar-refractivity contribution is 5.70. The quantitative estimate of drug-likeness (QED) is 0.884. The molecule has 1 aromatic rings. The number of aryl methyl sites for hydroxylation is 1. The van der Waals surface area contributed by atoms with Crippen LogP contribution in [0, 0.1) is 12.8 Å². The molecule has 1 aromatic carbocycles. The van der Waals surface area contributed by atoms with E-state index in [1.54, 1.807) is 0 Å². The van der Waals surface area contributed by atoms with E-state index in [-0.39, 0.29) is 5.92 Å². The lowest BCUT2D eigenvalue weighted by molar-refractivity contribution is -0.143. The molecule has 1 aliphatic rings. The standard InChI is InChI=1S/C15H21NO3/c1-12-3-2-4-14(11-12)19-10-9-16-7-5-13(6-8-16)15(17)18/h2-4,11,13H,5-10H2,1H3,(H,17,18). The zero-order valence-corrected chi connectivity index (χ0v) is 11.3. The van der Waals surface area contributed by atoms with Crippen molar-refractivity contribution in [2.45, 2.75) is 19.8 Å². The SMILES string of the molecule is Cc1cccc(OCCN2CCC(C(=O)O)CC2)c1. The van der Waals surface area contributed by atoms with Crippen LogP contribution < -0.4 is 4.74 Å². The Morgan fingerprint density at radius 3 is 2.79 bits per heavy atom. The van der Waals surface area contributed by atoms with Crippen molar-refractivity contribution < 1.29 is 14.6 Å². The average molecular weight is 263 g/mol. The van der Waals surface area contributed by atoms with Crippen molar-refractivity contribution in [1.82, 2.24) is 4.90 Å². The molecule has 0 radical (unpaired) electrons. The van der Waals surface area contributed by atoms with E-state index in [0.717, 1.165) is 38.2 Å². The number of piperidine rings is 1. The first kappa shape index (κ1) is 13.9. The van der Waals surface area contributed by atoms with Crippen molar-refractivity contribution in [2.75, 3.05) is 26.2 Å².